The van der Waals surface area contributed by atoms with E-state index in [0.29, 0.717) is 5.95 Å². The van der Waals surface area contributed by atoms with Gasteiger partial charge in [0.25, 0.3) is 5.95 Å². The molecule has 0 aliphatic rings. The van der Waals surface area contributed by atoms with E-state index in [1.165, 1.54) is 0 Å². The van der Waals surface area contributed by atoms with Gasteiger partial charge in [0.05, 0.1) is 6.21 Å². The molecule has 0 saturated heterocycles. The van der Waals surface area contributed by atoms with E-state index in [1.807, 2.05) is 91.0 Å². The summed E-state index contributed by atoms with van der Waals surface area (Å²) in [6, 6.07) is 29.7. The largest absolute Gasteiger partial charge is 0.263 e. The lowest BCUT2D eigenvalue weighted by Crippen LogP contribution is -2.03. The zero-order valence-corrected chi connectivity index (χ0v) is 14.5. The first kappa shape index (κ1) is 16.6. The van der Waals surface area contributed by atoms with E-state index < -0.39 is 0 Å². The van der Waals surface area contributed by atoms with E-state index in [1.54, 1.807) is 6.21 Å². The number of anilines is 1. The highest BCUT2D eigenvalue weighted by atomic mass is 15.4. The number of nitrogens with one attached hydrogen (secondary N) is 1. The maximum atomic E-state index is 4.65. The van der Waals surface area contributed by atoms with E-state index in [0.717, 1.165) is 28.1 Å². The minimum absolute atomic E-state index is 0.348. The topological polar surface area (TPSA) is 63.1 Å². The summed E-state index contributed by atoms with van der Waals surface area (Å²) in [7, 11) is 0. The number of rotatable bonds is 5. The Bertz CT molecular complexity index is 1030. The van der Waals surface area contributed by atoms with E-state index >= 15 is 0 Å². The summed E-state index contributed by atoms with van der Waals surface area (Å²) >= 11 is 0. The highest BCUT2D eigenvalue weighted by Gasteiger charge is 2.13. The molecule has 0 aliphatic heterocycles. The number of hydrogen-bond donors (Lipinski definition) is 1. The average molecular weight is 351 g/mol. The van der Waals surface area contributed by atoms with Crippen LogP contribution in [-0.2, 0) is 0 Å². The van der Waals surface area contributed by atoms with Crippen molar-refractivity contribution in [1.29, 1.82) is 0 Å². The zero-order chi connectivity index (χ0) is 18.3. The Hall–Kier alpha value is -3.86. The molecule has 0 amide bonds. The summed E-state index contributed by atoms with van der Waals surface area (Å²) < 4.78 is 0. The van der Waals surface area contributed by atoms with Gasteiger partial charge < -0.3 is 0 Å². The maximum Gasteiger partial charge on any atom is 0.263 e. The lowest BCUT2D eigenvalue weighted by atomic mass is 10.0. The van der Waals surface area contributed by atoms with E-state index in [2.05, 4.69) is 25.7 Å². The lowest BCUT2D eigenvalue weighted by Gasteiger charge is -2.09. The number of hydrogen-bond acceptors (Lipinski definition) is 5. The van der Waals surface area contributed by atoms with Gasteiger partial charge in [-0.25, -0.2) is 10.4 Å². The van der Waals surface area contributed by atoms with Crippen LogP contribution >= 0.6 is 0 Å². The predicted octanol–water partition coefficient (Wildman–Crippen LogP) is 4.65. The highest BCUT2D eigenvalue weighted by Crippen LogP contribution is 2.28. The second kappa shape index (κ2) is 8.01. The molecule has 0 unspecified atom stereocenters. The second-order valence-electron chi connectivity index (χ2n) is 5.85. The lowest BCUT2D eigenvalue weighted by molar-refractivity contribution is 0.973. The fourth-order valence-corrected chi connectivity index (χ4v) is 2.66. The maximum absolute atomic E-state index is 4.65. The van der Waals surface area contributed by atoms with E-state index in [4.69, 9.17) is 0 Å². The molecule has 1 N–H and O–H groups in total. The Kier molecular flexibility index (Phi) is 4.93. The van der Waals surface area contributed by atoms with Crippen LogP contribution in [0.5, 0.6) is 0 Å². The molecular formula is C22H17N5. The molecular weight excluding hydrogens is 334 g/mol. The molecule has 3 aromatic carbocycles. The van der Waals surface area contributed by atoms with Gasteiger partial charge in [0.1, 0.15) is 11.4 Å². The van der Waals surface area contributed by atoms with Crippen molar-refractivity contribution in [3.8, 4) is 22.5 Å². The molecule has 4 rings (SSSR count). The SMILES string of the molecule is C(=NNc1nnc(-c2ccccc2)c(-c2ccccc2)n1)c1ccccc1. The standard InChI is InChI=1S/C22H17N5/c1-4-10-17(11-5-1)16-23-26-22-24-20(18-12-6-2-7-13-18)21(25-27-22)19-14-8-3-9-15-19/h1-16H,(H,24,26,27). The van der Waals surface area contributed by atoms with Crippen molar-refractivity contribution in [1.82, 2.24) is 15.2 Å². The summed E-state index contributed by atoms with van der Waals surface area (Å²) in [5.74, 6) is 0.348. The van der Waals surface area contributed by atoms with E-state index in [9.17, 15) is 0 Å². The van der Waals surface area contributed by atoms with Gasteiger partial charge in [-0.15, -0.1) is 10.2 Å². The first-order valence-corrected chi connectivity index (χ1v) is 8.60. The van der Waals surface area contributed by atoms with Gasteiger partial charge in [0.2, 0.25) is 0 Å². The van der Waals surface area contributed by atoms with Crippen LogP contribution in [0, 0.1) is 0 Å². The summed E-state index contributed by atoms with van der Waals surface area (Å²) in [6.45, 7) is 0. The Morgan fingerprint density at radius 3 is 1.81 bits per heavy atom. The number of hydrazone groups is 1. The van der Waals surface area contributed by atoms with Gasteiger partial charge in [0.15, 0.2) is 0 Å². The normalized spacial score (nSPS) is 10.8. The van der Waals surface area contributed by atoms with E-state index in [-0.39, 0.29) is 0 Å². The van der Waals surface area contributed by atoms with Crippen LogP contribution < -0.4 is 5.43 Å². The molecule has 27 heavy (non-hydrogen) atoms. The van der Waals surface area contributed by atoms with Crippen LogP contribution in [0.25, 0.3) is 22.5 Å². The molecule has 0 aliphatic carbocycles. The molecule has 0 spiro atoms. The summed E-state index contributed by atoms with van der Waals surface area (Å²) in [4.78, 5) is 4.65. The zero-order valence-electron chi connectivity index (χ0n) is 14.5. The highest BCUT2D eigenvalue weighted by molar-refractivity contribution is 5.80. The van der Waals surface area contributed by atoms with Crippen molar-refractivity contribution in [3.05, 3.63) is 96.6 Å². The fraction of sp³-hybridized carbons (Fsp3) is 0. The molecule has 0 fully saturated rings. The van der Waals surface area contributed by atoms with Crippen LogP contribution in [0.1, 0.15) is 5.56 Å². The minimum atomic E-state index is 0.348. The van der Waals surface area contributed by atoms with Crippen molar-refractivity contribution >= 4 is 12.2 Å². The monoisotopic (exact) mass is 351 g/mol. The molecule has 1 heterocycles. The van der Waals surface area contributed by atoms with Crippen molar-refractivity contribution in [2.24, 2.45) is 5.10 Å². The van der Waals surface area contributed by atoms with Gasteiger partial charge in [0, 0.05) is 11.1 Å². The minimum Gasteiger partial charge on any atom is -0.244 e. The van der Waals surface area contributed by atoms with Crippen molar-refractivity contribution < 1.29 is 0 Å². The Morgan fingerprint density at radius 1 is 0.630 bits per heavy atom. The molecule has 130 valence electrons. The van der Waals surface area contributed by atoms with Gasteiger partial charge in [-0.2, -0.15) is 5.10 Å². The summed E-state index contributed by atoms with van der Waals surface area (Å²) in [5.41, 5.74) is 7.29. The smallest absolute Gasteiger partial charge is 0.244 e. The number of aromatic nitrogens is 3. The molecule has 5 nitrogen and oxygen atoms in total. The Labute approximate surface area is 157 Å². The first-order valence-electron chi connectivity index (χ1n) is 8.60. The third-order valence-corrected chi connectivity index (χ3v) is 3.96. The van der Waals surface area contributed by atoms with Gasteiger partial charge in [-0.05, 0) is 5.56 Å². The average Bonchev–Trinajstić information content (AvgIpc) is 2.76. The number of nitrogens with zero attached hydrogens (tertiary/aromatic N) is 4. The fourth-order valence-electron chi connectivity index (χ4n) is 2.66. The molecule has 0 saturated carbocycles. The molecule has 5 heteroatoms. The summed E-state index contributed by atoms with van der Waals surface area (Å²) in [5, 5.41) is 12.8. The molecule has 0 bridgehead atoms. The van der Waals surface area contributed by atoms with Crippen LogP contribution in [-0.4, -0.2) is 21.4 Å². The Balaban J connectivity index is 1.68. The van der Waals surface area contributed by atoms with Gasteiger partial charge >= 0.3 is 0 Å². The quantitative estimate of drug-likeness (QED) is 0.420. The van der Waals surface area contributed by atoms with Crippen LogP contribution in [0.15, 0.2) is 96.1 Å². The van der Waals surface area contributed by atoms with Crippen LogP contribution in [0.2, 0.25) is 0 Å². The third-order valence-electron chi connectivity index (χ3n) is 3.96. The Morgan fingerprint density at radius 2 is 1.19 bits per heavy atom. The van der Waals surface area contributed by atoms with Gasteiger partial charge in [-0.3, -0.25) is 0 Å². The van der Waals surface area contributed by atoms with Crippen LogP contribution in [0.4, 0.5) is 5.95 Å². The predicted molar refractivity (Wildman–Crippen MR) is 108 cm³/mol. The van der Waals surface area contributed by atoms with Crippen molar-refractivity contribution in [3.63, 3.8) is 0 Å². The van der Waals surface area contributed by atoms with Crippen LogP contribution in [0.3, 0.4) is 0 Å². The van der Waals surface area contributed by atoms with Crippen molar-refractivity contribution in [2.75, 3.05) is 5.43 Å². The molecule has 0 radical (unpaired) electrons. The summed E-state index contributed by atoms with van der Waals surface area (Å²) in [6.07, 6.45) is 1.72. The molecule has 0 atom stereocenters. The van der Waals surface area contributed by atoms with Gasteiger partial charge in [-0.1, -0.05) is 91.0 Å². The van der Waals surface area contributed by atoms with Crippen molar-refractivity contribution in [2.45, 2.75) is 0 Å². The first-order chi connectivity index (χ1) is 13.4. The third kappa shape index (κ3) is 4.04. The molecule has 1 aromatic heterocycles. The second-order valence-corrected chi connectivity index (χ2v) is 5.85. The molecule has 4 aromatic rings. The number of benzene rings is 3.